The van der Waals surface area contributed by atoms with Gasteiger partial charge in [0.25, 0.3) is 5.19 Å². The van der Waals surface area contributed by atoms with E-state index in [0.717, 1.165) is 29.1 Å². The van der Waals surface area contributed by atoms with Crippen molar-refractivity contribution in [2.75, 3.05) is 0 Å². The van der Waals surface area contributed by atoms with Gasteiger partial charge < -0.3 is 10.5 Å². The van der Waals surface area contributed by atoms with Crippen molar-refractivity contribution >= 4 is 11.5 Å². The van der Waals surface area contributed by atoms with Gasteiger partial charge in [0, 0.05) is 24.5 Å². The van der Waals surface area contributed by atoms with E-state index < -0.39 is 0 Å². The van der Waals surface area contributed by atoms with Gasteiger partial charge in [-0.3, -0.25) is 0 Å². The van der Waals surface area contributed by atoms with Crippen LogP contribution in [-0.2, 0) is 13.0 Å². The number of benzene rings is 1. The predicted octanol–water partition coefficient (Wildman–Crippen LogP) is 2.66. The Bertz CT molecular complexity index is 510. The topological polar surface area (TPSA) is 61.0 Å². The van der Waals surface area contributed by atoms with Crippen molar-refractivity contribution in [3.8, 4) is 10.9 Å². The van der Waals surface area contributed by atoms with Gasteiger partial charge in [-0.1, -0.05) is 19.1 Å². The molecule has 0 fully saturated rings. The van der Waals surface area contributed by atoms with Crippen LogP contribution in [-0.4, -0.2) is 9.36 Å². The fourth-order valence-corrected chi connectivity index (χ4v) is 2.03. The van der Waals surface area contributed by atoms with Crippen molar-refractivity contribution in [2.45, 2.75) is 26.8 Å². The molecule has 0 spiro atoms. The largest absolute Gasteiger partial charge is 0.430 e. The Labute approximate surface area is 105 Å². The van der Waals surface area contributed by atoms with Crippen LogP contribution in [0.1, 0.15) is 23.9 Å². The average molecular weight is 249 g/mol. The van der Waals surface area contributed by atoms with Crippen LogP contribution in [0.5, 0.6) is 10.9 Å². The molecule has 0 radical (unpaired) electrons. The van der Waals surface area contributed by atoms with Crippen LogP contribution in [0.4, 0.5) is 0 Å². The molecule has 0 bridgehead atoms. The molecule has 0 amide bonds. The lowest BCUT2D eigenvalue weighted by atomic mass is 10.1. The highest BCUT2D eigenvalue weighted by molar-refractivity contribution is 7.07. The van der Waals surface area contributed by atoms with Crippen molar-refractivity contribution < 1.29 is 4.74 Å². The van der Waals surface area contributed by atoms with E-state index in [0.29, 0.717) is 11.7 Å². The first-order valence-corrected chi connectivity index (χ1v) is 6.30. The van der Waals surface area contributed by atoms with E-state index in [1.54, 1.807) is 0 Å². The van der Waals surface area contributed by atoms with Crippen molar-refractivity contribution in [1.29, 1.82) is 0 Å². The fourth-order valence-electron chi connectivity index (χ4n) is 1.40. The Kier molecular flexibility index (Phi) is 3.71. The first-order chi connectivity index (χ1) is 8.22. The first-order valence-electron chi connectivity index (χ1n) is 5.53. The van der Waals surface area contributed by atoms with Crippen LogP contribution in [0, 0.1) is 6.92 Å². The summed E-state index contributed by atoms with van der Waals surface area (Å²) in [6.07, 6.45) is 0.821. The minimum absolute atomic E-state index is 0.507. The van der Waals surface area contributed by atoms with Gasteiger partial charge in [0.2, 0.25) is 0 Å². The van der Waals surface area contributed by atoms with Gasteiger partial charge in [0.05, 0.1) is 0 Å². The lowest BCUT2D eigenvalue weighted by molar-refractivity contribution is 0.473. The number of hydrogen-bond acceptors (Lipinski definition) is 5. The summed E-state index contributed by atoms with van der Waals surface area (Å²) < 4.78 is 9.91. The minimum atomic E-state index is 0.507. The van der Waals surface area contributed by atoms with Crippen molar-refractivity contribution in [3.05, 3.63) is 35.2 Å². The molecule has 17 heavy (non-hydrogen) atoms. The molecule has 0 aliphatic heterocycles. The molecule has 0 unspecified atom stereocenters. The maximum Gasteiger partial charge on any atom is 0.298 e. The molecule has 2 N–H and O–H groups in total. The standard InChI is InChI=1S/C12H15N3OS/c1-3-11-14-12(17-15-11)16-10-6-9(7-13)5-4-8(10)2/h4-6H,3,7,13H2,1-2H3. The molecule has 1 aromatic heterocycles. The van der Waals surface area contributed by atoms with Gasteiger partial charge in [-0.25, -0.2) is 0 Å². The van der Waals surface area contributed by atoms with Gasteiger partial charge in [-0.2, -0.15) is 9.36 Å². The van der Waals surface area contributed by atoms with Crippen LogP contribution in [0.3, 0.4) is 0 Å². The molecule has 1 aromatic carbocycles. The van der Waals surface area contributed by atoms with Crippen molar-refractivity contribution in [3.63, 3.8) is 0 Å². The monoisotopic (exact) mass is 249 g/mol. The zero-order valence-corrected chi connectivity index (χ0v) is 10.8. The molecule has 1 heterocycles. The van der Waals surface area contributed by atoms with E-state index in [1.165, 1.54) is 11.5 Å². The Morgan fingerprint density at radius 2 is 2.24 bits per heavy atom. The minimum Gasteiger partial charge on any atom is -0.430 e. The summed E-state index contributed by atoms with van der Waals surface area (Å²) in [5.74, 6) is 1.62. The van der Waals surface area contributed by atoms with Gasteiger partial charge in [-0.15, -0.1) is 0 Å². The second kappa shape index (κ2) is 5.25. The van der Waals surface area contributed by atoms with E-state index in [9.17, 15) is 0 Å². The maximum atomic E-state index is 5.72. The summed E-state index contributed by atoms with van der Waals surface area (Å²) in [5, 5.41) is 0.583. The molecule has 90 valence electrons. The van der Waals surface area contributed by atoms with Gasteiger partial charge in [-0.05, 0) is 24.1 Å². The molecule has 5 heteroatoms. The van der Waals surface area contributed by atoms with Gasteiger partial charge in [0.15, 0.2) is 0 Å². The lowest BCUT2D eigenvalue weighted by Gasteiger charge is -2.06. The lowest BCUT2D eigenvalue weighted by Crippen LogP contribution is -1.97. The van der Waals surface area contributed by atoms with Crippen LogP contribution < -0.4 is 10.5 Å². The Balaban J connectivity index is 2.22. The van der Waals surface area contributed by atoms with Crippen LogP contribution in [0.25, 0.3) is 0 Å². The van der Waals surface area contributed by atoms with Crippen LogP contribution in [0.15, 0.2) is 18.2 Å². The number of rotatable bonds is 4. The molecule has 2 aromatic rings. The molecular weight excluding hydrogens is 234 g/mol. The molecule has 4 nitrogen and oxygen atoms in total. The summed E-state index contributed by atoms with van der Waals surface area (Å²) in [6, 6.07) is 5.95. The fraction of sp³-hybridized carbons (Fsp3) is 0.333. The average Bonchev–Trinajstić information content (AvgIpc) is 2.80. The zero-order chi connectivity index (χ0) is 12.3. The zero-order valence-electron chi connectivity index (χ0n) is 9.93. The van der Waals surface area contributed by atoms with Crippen molar-refractivity contribution in [2.24, 2.45) is 5.73 Å². The van der Waals surface area contributed by atoms with Crippen molar-refractivity contribution in [1.82, 2.24) is 9.36 Å². The normalized spacial score (nSPS) is 10.5. The number of nitrogens with zero attached hydrogens (tertiary/aromatic N) is 2. The summed E-state index contributed by atoms with van der Waals surface area (Å²) in [4.78, 5) is 4.27. The molecule has 0 atom stereocenters. The van der Waals surface area contributed by atoms with E-state index >= 15 is 0 Å². The third kappa shape index (κ3) is 2.81. The number of hydrogen-bond donors (Lipinski definition) is 1. The quantitative estimate of drug-likeness (QED) is 0.905. The highest BCUT2D eigenvalue weighted by Crippen LogP contribution is 2.27. The Hall–Kier alpha value is -1.46. The number of ether oxygens (including phenoxy) is 1. The molecule has 0 saturated heterocycles. The maximum absolute atomic E-state index is 5.72. The summed E-state index contributed by atoms with van der Waals surface area (Å²) >= 11 is 1.28. The van der Waals surface area contributed by atoms with Crippen LogP contribution >= 0.6 is 11.5 Å². The summed E-state index contributed by atoms with van der Waals surface area (Å²) in [5.41, 5.74) is 7.72. The highest BCUT2D eigenvalue weighted by atomic mass is 32.1. The smallest absolute Gasteiger partial charge is 0.298 e. The summed E-state index contributed by atoms with van der Waals surface area (Å²) in [7, 11) is 0. The Morgan fingerprint density at radius 3 is 2.88 bits per heavy atom. The molecule has 2 rings (SSSR count). The molecular formula is C12H15N3OS. The molecule has 0 saturated carbocycles. The highest BCUT2D eigenvalue weighted by Gasteiger charge is 2.07. The van der Waals surface area contributed by atoms with Gasteiger partial charge in [0.1, 0.15) is 11.6 Å². The molecule has 0 aliphatic rings. The third-order valence-electron chi connectivity index (χ3n) is 2.45. The molecule has 0 aliphatic carbocycles. The van der Waals surface area contributed by atoms with E-state index in [-0.39, 0.29) is 0 Å². The second-order valence-corrected chi connectivity index (χ2v) is 4.45. The number of aromatic nitrogens is 2. The van der Waals surface area contributed by atoms with Gasteiger partial charge >= 0.3 is 0 Å². The van der Waals surface area contributed by atoms with E-state index in [4.69, 9.17) is 10.5 Å². The third-order valence-corrected chi connectivity index (χ3v) is 3.08. The number of aryl methyl sites for hydroxylation is 2. The predicted molar refractivity (Wildman–Crippen MR) is 68.4 cm³/mol. The second-order valence-electron chi connectivity index (χ2n) is 3.74. The SMILES string of the molecule is CCc1nsc(Oc2cc(CN)ccc2C)n1. The van der Waals surface area contributed by atoms with E-state index in [1.807, 2.05) is 32.0 Å². The number of nitrogens with two attached hydrogens (primary N) is 1. The first kappa shape index (κ1) is 12.0. The summed E-state index contributed by atoms with van der Waals surface area (Å²) in [6.45, 7) is 4.52. The Morgan fingerprint density at radius 1 is 1.41 bits per heavy atom. The van der Waals surface area contributed by atoms with Crippen LogP contribution in [0.2, 0.25) is 0 Å². The van der Waals surface area contributed by atoms with E-state index in [2.05, 4.69) is 9.36 Å².